The Bertz CT molecular complexity index is 451. The Morgan fingerprint density at radius 1 is 1.10 bits per heavy atom. The molecule has 1 aromatic carbocycles. The van der Waals surface area contributed by atoms with E-state index in [1.807, 2.05) is 0 Å². The van der Waals surface area contributed by atoms with Crippen molar-refractivity contribution in [2.24, 2.45) is 4.99 Å². The highest BCUT2D eigenvalue weighted by atomic mass is 16.4. The van der Waals surface area contributed by atoms with Crippen LogP contribution in [-0.2, 0) is 0 Å². The summed E-state index contributed by atoms with van der Waals surface area (Å²) in [5.41, 5.74) is 0.335. The van der Waals surface area contributed by atoms with Gasteiger partial charge in [-0.1, -0.05) is 32.3 Å². The van der Waals surface area contributed by atoms with Crippen molar-refractivity contribution in [3.8, 4) is 0 Å². The van der Waals surface area contributed by atoms with Crippen molar-refractivity contribution >= 4 is 18.7 Å². The van der Waals surface area contributed by atoms with E-state index in [9.17, 15) is 9.59 Å². The summed E-state index contributed by atoms with van der Waals surface area (Å²) in [5.74, 6) is -2.22. The highest BCUT2D eigenvalue weighted by Crippen LogP contribution is 2.13. The summed E-state index contributed by atoms with van der Waals surface area (Å²) in [7, 11) is 0. The summed E-state index contributed by atoms with van der Waals surface area (Å²) < 4.78 is 0. The predicted molar refractivity (Wildman–Crippen MR) is 83.7 cm³/mol. The van der Waals surface area contributed by atoms with Crippen LogP contribution < -0.4 is 0 Å². The van der Waals surface area contributed by atoms with Crippen LogP contribution in [0.2, 0.25) is 0 Å². The van der Waals surface area contributed by atoms with Crippen LogP contribution in [0.25, 0.3) is 0 Å². The molecule has 116 valence electrons. The van der Waals surface area contributed by atoms with Crippen LogP contribution in [0, 0.1) is 6.92 Å². The molecule has 5 nitrogen and oxygen atoms in total. The lowest BCUT2D eigenvalue weighted by Gasteiger charge is -2.03. The van der Waals surface area contributed by atoms with Crippen molar-refractivity contribution in [2.45, 2.75) is 39.5 Å². The van der Waals surface area contributed by atoms with Crippen LogP contribution in [0.1, 0.15) is 58.9 Å². The van der Waals surface area contributed by atoms with E-state index in [0.717, 1.165) is 6.54 Å². The van der Waals surface area contributed by atoms with Gasteiger partial charge < -0.3 is 15.2 Å². The van der Waals surface area contributed by atoms with E-state index in [2.05, 4.69) is 18.6 Å². The van der Waals surface area contributed by atoms with E-state index >= 15 is 0 Å². The molecule has 0 aliphatic carbocycles. The molecule has 0 aliphatic rings. The summed E-state index contributed by atoms with van der Waals surface area (Å²) in [5, 5.41) is 17.4. The molecule has 0 fully saturated rings. The first kappa shape index (κ1) is 18.8. The molecule has 0 unspecified atom stereocenters. The molecule has 0 aliphatic heterocycles. The van der Waals surface area contributed by atoms with Gasteiger partial charge in [0.15, 0.2) is 0 Å². The first-order chi connectivity index (χ1) is 9.95. The quantitative estimate of drug-likeness (QED) is 0.593. The lowest BCUT2D eigenvalue weighted by atomic mass is 10.0. The normalized spacial score (nSPS) is 9.43. The largest absolute Gasteiger partial charge is 0.478 e. The van der Waals surface area contributed by atoms with Crippen LogP contribution in [0.15, 0.2) is 23.2 Å². The molecule has 21 heavy (non-hydrogen) atoms. The number of nitrogens with zero attached hydrogens (tertiary/aromatic N) is 1. The van der Waals surface area contributed by atoms with Gasteiger partial charge in [0.2, 0.25) is 0 Å². The number of hydrogen-bond acceptors (Lipinski definition) is 3. The number of aromatic carboxylic acids is 2. The predicted octanol–water partition coefficient (Wildman–Crippen LogP) is 3.66. The van der Waals surface area contributed by atoms with Gasteiger partial charge in [-0.25, -0.2) is 9.59 Å². The molecule has 0 amide bonds. The molecule has 5 heteroatoms. The summed E-state index contributed by atoms with van der Waals surface area (Å²) in [6.45, 7) is 8.04. The number of carboxylic acids is 2. The zero-order valence-electron chi connectivity index (χ0n) is 12.6. The number of aliphatic imine (C=N–C) groups is 1. The van der Waals surface area contributed by atoms with Crippen molar-refractivity contribution in [3.05, 3.63) is 34.9 Å². The van der Waals surface area contributed by atoms with Crippen molar-refractivity contribution in [3.63, 3.8) is 0 Å². The maximum Gasteiger partial charge on any atom is 0.335 e. The number of carboxylic acid groups (broad SMARTS) is 2. The van der Waals surface area contributed by atoms with Gasteiger partial charge in [0, 0.05) is 6.54 Å². The Balaban J connectivity index is 0.000000433. The lowest BCUT2D eigenvalue weighted by Crippen LogP contribution is -2.06. The van der Waals surface area contributed by atoms with E-state index in [0.29, 0.717) is 0 Å². The van der Waals surface area contributed by atoms with Crippen LogP contribution in [0.5, 0.6) is 0 Å². The number of hydrogen-bond donors (Lipinski definition) is 2. The number of rotatable bonds is 7. The molecule has 0 saturated carbocycles. The van der Waals surface area contributed by atoms with Gasteiger partial charge in [0.25, 0.3) is 0 Å². The fourth-order valence-corrected chi connectivity index (χ4v) is 1.75. The molecule has 0 heterocycles. The molecular formula is C16H23NO4. The van der Waals surface area contributed by atoms with E-state index in [1.165, 1.54) is 50.8 Å². The van der Waals surface area contributed by atoms with E-state index in [1.54, 1.807) is 0 Å². The van der Waals surface area contributed by atoms with Crippen LogP contribution in [0.3, 0.4) is 0 Å². The van der Waals surface area contributed by atoms with Gasteiger partial charge in [-0.15, -0.1) is 0 Å². The van der Waals surface area contributed by atoms with E-state index in [4.69, 9.17) is 10.2 Å². The summed E-state index contributed by atoms with van der Waals surface area (Å²) in [6.07, 6.45) is 5.18. The third kappa shape index (κ3) is 7.25. The zero-order valence-corrected chi connectivity index (χ0v) is 12.6. The third-order valence-electron chi connectivity index (χ3n) is 2.96. The standard InChI is InChI=1S/C9H8O4.C7H15N/c1-5-6(8(10)11)3-2-4-7(5)9(12)13;1-3-4-5-6-7-8-2/h2-4H,1H3,(H,10,11)(H,12,13);2-7H2,1H3. The van der Waals surface area contributed by atoms with Crippen molar-refractivity contribution < 1.29 is 19.8 Å². The smallest absolute Gasteiger partial charge is 0.335 e. The average Bonchev–Trinajstić information content (AvgIpc) is 2.44. The van der Waals surface area contributed by atoms with E-state index in [-0.39, 0.29) is 16.7 Å². The van der Waals surface area contributed by atoms with Crippen LogP contribution >= 0.6 is 0 Å². The molecule has 0 atom stereocenters. The van der Waals surface area contributed by atoms with E-state index < -0.39 is 11.9 Å². The van der Waals surface area contributed by atoms with Crippen molar-refractivity contribution in [1.82, 2.24) is 0 Å². The van der Waals surface area contributed by atoms with Crippen molar-refractivity contribution in [1.29, 1.82) is 0 Å². The Kier molecular flexibility index (Phi) is 9.50. The SMILES string of the molecule is C=NCCCCCC.Cc1c(C(=O)O)cccc1C(=O)O. The Labute approximate surface area is 125 Å². The first-order valence-electron chi connectivity index (χ1n) is 6.94. The molecule has 1 rings (SSSR count). The maximum absolute atomic E-state index is 10.6. The molecule has 0 radical (unpaired) electrons. The molecular weight excluding hydrogens is 270 g/mol. The average molecular weight is 293 g/mol. The monoisotopic (exact) mass is 293 g/mol. The molecule has 0 aromatic heterocycles. The van der Waals surface area contributed by atoms with Gasteiger partial charge in [-0.05, 0) is 37.8 Å². The van der Waals surface area contributed by atoms with Gasteiger partial charge in [0.05, 0.1) is 11.1 Å². The van der Waals surface area contributed by atoms with Crippen LogP contribution in [-0.4, -0.2) is 35.4 Å². The topological polar surface area (TPSA) is 87.0 Å². The molecule has 0 bridgehead atoms. The minimum Gasteiger partial charge on any atom is -0.478 e. The van der Waals surface area contributed by atoms with Gasteiger partial charge in [-0.3, -0.25) is 0 Å². The number of unbranched alkanes of at least 4 members (excludes halogenated alkanes) is 3. The fourth-order valence-electron chi connectivity index (χ4n) is 1.75. The summed E-state index contributed by atoms with van der Waals surface area (Å²) in [6, 6.07) is 4.17. The number of carbonyl (C=O) groups is 2. The highest BCUT2D eigenvalue weighted by molar-refractivity contribution is 5.96. The first-order valence-corrected chi connectivity index (χ1v) is 6.94. The second-order valence-electron chi connectivity index (χ2n) is 4.60. The fraction of sp³-hybridized carbons (Fsp3) is 0.438. The lowest BCUT2D eigenvalue weighted by molar-refractivity contribution is 0.0696. The number of benzene rings is 1. The van der Waals surface area contributed by atoms with Crippen LogP contribution in [0.4, 0.5) is 0 Å². The second-order valence-corrected chi connectivity index (χ2v) is 4.60. The zero-order chi connectivity index (χ0) is 16.3. The molecule has 2 N–H and O–H groups in total. The maximum atomic E-state index is 10.6. The minimum atomic E-state index is -1.11. The van der Waals surface area contributed by atoms with Gasteiger partial charge >= 0.3 is 11.9 Å². The Morgan fingerprint density at radius 3 is 2.00 bits per heavy atom. The van der Waals surface area contributed by atoms with Gasteiger partial charge in [-0.2, -0.15) is 0 Å². The highest BCUT2D eigenvalue weighted by Gasteiger charge is 2.13. The van der Waals surface area contributed by atoms with Gasteiger partial charge in [0.1, 0.15) is 0 Å². The molecule has 1 aromatic rings. The Hall–Kier alpha value is -2.17. The summed E-state index contributed by atoms with van der Waals surface area (Å²) in [4.78, 5) is 25.0. The molecule has 0 saturated heterocycles. The minimum absolute atomic E-state index is 0.0277. The second kappa shape index (κ2) is 10.6. The molecule has 0 spiro atoms. The Morgan fingerprint density at radius 2 is 1.62 bits per heavy atom. The summed E-state index contributed by atoms with van der Waals surface area (Å²) >= 11 is 0. The third-order valence-corrected chi connectivity index (χ3v) is 2.96. The van der Waals surface area contributed by atoms with Crippen molar-refractivity contribution in [2.75, 3.05) is 6.54 Å².